The van der Waals surface area contributed by atoms with Gasteiger partial charge in [0.2, 0.25) is 5.91 Å². The van der Waals surface area contributed by atoms with E-state index in [9.17, 15) is 18.0 Å². The Kier molecular flexibility index (Phi) is 6.90. The van der Waals surface area contributed by atoms with E-state index in [1.807, 2.05) is 40.1 Å². The molecule has 158 valence electrons. The van der Waals surface area contributed by atoms with Crippen molar-refractivity contribution in [3.63, 3.8) is 0 Å². The number of hydrogen-bond acceptors (Lipinski definition) is 5. The summed E-state index contributed by atoms with van der Waals surface area (Å²) >= 11 is 0. The van der Waals surface area contributed by atoms with Crippen LogP contribution in [0.15, 0.2) is 48.7 Å². The van der Waals surface area contributed by atoms with Crippen molar-refractivity contribution < 1.29 is 18.0 Å². The second-order valence-electron chi connectivity index (χ2n) is 6.96. The van der Waals surface area contributed by atoms with Crippen LogP contribution in [0, 0.1) is 11.3 Å². The number of amides is 1. The highest BCUT2D eigenvalue weighted by Gasteiger charge is 2.31. The van der Waals surface area contributed by atoms with E-state index >= 15 is 0 Å². The van der Waals surface area contributed by atoms with Crippen molar-refractivity contribution in [3.05, 3.63) is 54.2 Å². The molecule has 1 fully saturated rings. The smallest absolute Gasteiger partial charge is 0.354 e. The molecule has 0 aliphatic carbocycles. The molecule has 9 heteroatoms. The van der Waals surface area contributed by atoms with Crippen LogP contribution in [0.3, 0.4) is 0 Å². The molecular formula is C21H22F3N5O. The van der Waals surface area contributed by atoms with Crippen molar-refractivity contribution in [2.45, 2.75) is 12.6 Å². The summed E-state index contributed by atoms with van der Waals surface area (Å²) in [7, 11) is 0. The quantitative estimate of drug-likeness (QED) is 0.723. The summed E-state index contributed by atoms with van der Waals surface area (Å²) in [5, 5.41) is 8.89. The third-order valence-electron chi connectivity index (χ3n) is 4.95. The molecule has 0 N–H and O–H groups in total. The van der Waals surface area contributed by atoms with E-state index in [2.05, 4.69) is 11.1 Å². The fraction of sp³-hybridized carbons (Fsp3) is 0.381. The molecule has 1 aromatic heterocycles. The van der Waals surface area contributed by atoms with E-state index in [0.717, 1.165) is 18.0 Å². The first kappa shape index (κ1) is 21.6. The zero-order valence-corrected chi connectivity index (χ0v) is 16.3. The number of alkyl halides is 3. The van der Waals surface area contributed by atoms with E-state index in [0.29, 0.717) is 38.5 Å². The van der Waals surface area contributed by atoms with Crippen LogP contribution >= 0.6 is 0 Å². The topological polar surface area (TPSA) is 63.5 Å². The SMILES string of the molecule is N#CCCN(C(=O)CN1CCN(c2ccc(C(F)(F)F)cn2)CC1)c1ccccc1. The van der Waals surface area contributed by atoms with Gasteiger partial charge in [-0.15, -0.1) is 0 Å². The second-order valence-corrected chi connectivity index (χ2v) is 6.96. The molecule has 1 saturated heterocycles. The Morgan fingerprint density at radius 1 is 1.10 bits per heavy atom. The maximum Gasteiger partial charge on any atom is 0.417 e. The van der Waals surface area contributed by atoms with E-state index in [1.165, 1.54) is 6.07 Å². The second kappa shape index (κ2) is 9.59. The fourth-order valence-corrected chi connectivity index (χ4v) is 3.32. The third kappa shape index (κ3) is 5.48. The van der Waals surface area contributed by atoms with Crippen LogP contribution in [0.4, 0.5) is 24.7 Å². The number of rotatable bonds is 6. The minimum Gasteiger partial charge on any atom is -0.354 e. The number of para-hydroxylation sites is 1. The maximum atomic E-state index is 12.8. The number of benzene rings is 1. The van der Waals surface area contributed by atoms with Crippen molar-refractivity contribution >= 4 is 17.4 Å². The number of aromatic nitrogens is 1. The largest absolute Gasteiger partial charge is 0.417 e. The lowest BCUT2D eigenvalue weighted by Crippen LogP contribution is -2.50. The average molecular weight is 417 g/mol. The zero-order chi connectivity index (χ0) is 21.6. The van der Waals surface area contributed by atoms with Gasteiger partial charge in [-0.2, -0.15) is 18.4 Å². The predicted molar refractivity (Wildman–Crippen MR) is 107 cm³/mol. The maximum absolute atomic E-state index is 12.8. The molecule has 6 nitrogen and oxygen atoms in total. The summed E-state index contributed by atoms with van der Waals surface area (Å²) in [5.74, 6) is 0.409. The number of nitrogens with zero attached hydrogens (tertiary/aromatic N) is 5. The van der Waals surface area contributed by atoms with E-state index in [1.54, 1.807) is 4.90 Å². The first-order chi connectivity index (χ1) is 14.4. The van der Waals surface area contributed by atoms with Gasteiger partial charge in [-0.25, -0.2) is 4.98 Å². The van der Waals surface area contributed by atoms with Crippen LogP contribution < -0.4 is 9.80 Å². The normalized spacial score (nSPS) is 14.9. The van der Waals surface area contributed by atoms with Crippen molar-refractivity contribution in [2.24, 2.45) is 0 Å². The standard InChI is InChI=1S/C21H22F3N5O/c22-21(23,24)17-7-8-19(26-15-17)28-13-11-27(12-14-28)16-20(30)29(10-4-9-25)18-5-2-1-3-6-18/h1-3,5-8,15H,4,10-14,16H2. The summed E-state index contributed by atoms with van der Waals surface area (Å²) in [4.78, 5) is 22.3. The van der Waals surface area contributed by atoms with Gasteiger partial charge in [-0.1, -0.05) is 18.2 Å². The molecule has 2 aromatic rings. The number of nitriles is 1. The Bertz CT molecular complexity index is 872. The lowest BCUT2D eigenvalue weighted by Gasteiger charge is -2.36. The number of hydrogen-bond donors (Lipinski definition) is 0. The predicted octanol–water partition coefficient (Wildman–Crippen LogP) is 3.17. The molecule has 0 radical (unpaired) electrons. The van der Waals surface area contributed by atoms with Gasteiger partial charge in [0.25, 0.3) is 0 Å². The van der Waals surface area contributed by atoms with E-state index in [4.69, 9.17) is 5.26 Å². The Morgan fingerprint density at radius 3 is 2.37 bits per heavy atom. The van der Waals surface area contributed by atoms with Gasteiger partial charge < -0.3 is 9.80 Å². The Hall–Kier alpha value is -3.12. The number of carbonyl (C=O) groups is 1. The lowest BCUT2D eigenvalue weighted by atomic mass is 10.2. The number of halogens is 3. The highest BCUT2D eigenvalue weighted by molar-refractivity contribution is 5.94. The van der Waals surface area contributed by atoms with Gasteiger partial charge in [-0.05, 0) is 24.3 Å². The van der Waals surface area contributed by atoms with E-state index < -0.39 is 11.7 Å². The van der Waals surface area contributed by atoms with Gasteiger partial charge >= 0.3 is 6.18 Å². The summed E-state index contributed by atoms with van der Waals surface area (Å²) in [6, 6.07) is 13.7. The zero-order valence-electron chi connectivity index (χ0n) is 16.3. The third-order valence-corrected chi connectivity index (χ3v) is 4.95. The minimum absolute atomic E-state index is 0.0856. The number of piperazine rings is 1. The first-order valence-electron chi connectivity index (χ1n) is 9.61. The van der Waals surface area contributed by atoms with E-state index in [-0.39, 0.29) is 18.9 Å². The molecule has 1 aliphatic heterocycles. The lowest BCUT2D eigenvalue weighted by molar-refractivity contribution is -0.137. The van der Waals surface area contributed by atoms with Crippen molar-refractivity contribution in [2.75, 3.05) is 49.1 Å². The fourth-order valence-electron chi connectivity index (χ4n) is 3.32. The Labute approximate surface area is 173 Å². The molecule has 1 amide bonds. The van der Waals surface area contributed by atoms with Crippen molar-refractivity contribution in [1.82, 2.24) is 9.88 Å². The van der Waals surface area contributed by atoms with Crippen LogP contribution in [0.5, 0.6) is 0 Å². The minimum atomic E-state index is -4.40. The molecular weight excluding hydrogens is 395 g/mol. The Balaban J connectivity index is 1.56. The molecule has 0 bridgehead atoms. The molecule has 0 atom stereocenters. The molecule has 3 rings (SSSR count). The van der Waals surface area contributed by atoms with Gasteiger partial charge in [0.1, 0.15) is 5.82 Å². The average Bonchev–Trinajstić information content (AvgIpc) is 2.75. The monoisotopic (exact) mass is 417 g/mol. The molecule has 0 spiro atoms. The molecule has 1 aliphatic rings. The molecule has 1 aromatic carbocycles. The number of anilines is 2. The molecule has 2 heterocycles. The van der Waals surface area contributed by atoms with Crippen LogP contribution in [0.25, 0.3) is 0 Å². The van der Waals surface area contributed by atoms with Crippen LogP contribution in [-0.4, -0.2) is 55.1 Å². The first-order valence-corrected chi connectivity index (χ1v) is 9.61. The van der Waals surface area contributed by atoms with Crippen LogP contribution in [0.2, 0.25) is 0 Å². The Morgan fingerprint density at radius 2 is 1.80 bits per heavy atom. The van der Waals surface area contributed by atoms with Crippen molar-refractivity contribution in [1.29, 1.82) is 5.26 Å². The summed E-state index contributed by atoms with van der Waals surface area (Å²) in [5.41, 5.74) is -0.0146. The highest BCUT2D eigenvalue weighted by Crippen LogP contribution is 2.29. The molecule has 30 heavy (non-hydrogen) atoms. The molecule has 0 saturated carbocycles. The van der Waals surface area contributed by atoms with Crippen LogP contribution in [-0.2, 0) is 11.0 Å². The van der Waals surface area contributed by atoms with Crippen LogP contribution in [0.1, 0.15) is 12.0 Å². The number of pyridine rings is 1. The van der Waals surface area contributed by atoms with Gasteiger partial charge in [0.05, 0.1) is 24.6 Å². The highest BCUT2D eigenvalue weighted by atomic mass is 19.4. The number of carbonyl (C=O) groups excluding carboxylic acids is 1. The van der Waals surface area contributed by atoms with Gasteiger partial charge in [-0.3, -0.25) is 9.69 Å². The molecule has 0 unspecified atom stereocenters. The summed E-state index contributed by atoms with van der Waals surface area (Å²) in [6.45, 7) is 2.86. The summed E-state index contributed by atoms with van der Waals surface area (Å²) < 4.78 is 38.1. The van der Waals surface area contributed by atoms with Gasteiger partial charge in [0, 0.05) is 44.6 Å². The summed E-state index contributed by atoms with van der Waals surface area (Å²) in [6.07, 6.45) is -3.31. The van der Waals surface area contributed by atoms with Gasteiger partial charge in [0.15, 0.2) is 0 Å². The van der Waals surface area contributed by atoms with Crippen molar-refractivity contribution in [3.8, 4) is 6.07 Å².